The van der Waals surface area contributed by atoms with Gasteiger partial charge in [-0.1, -0.05) is 0 Å². The van der Waals surface area contributed by atoms with Gasteiger partial charge in [-0.05, 0) is 0 Å². The van der Waals surface area contributed by atoms with Crippen LogP contribution in [0.4, 0.5) is 18.8 Å². The quantitative estimate of drug-likeness (QED) is 0.390. The summed E-state index contributed by atoms with van der Waals surface area (Å²) in [5.74, 6) is 0. The predicted octanol–water partition coefficient (Wildman–Crippen LogP) is -0.0410. The molecule has 0 aromatic heterocycles. The predicted molar refractivity (Wildman–Crippen MR) is 17.2 cm³/mol. The second kappa shape index (κ2) is 56.2. The summed E-state index contributed by atoms with van der Waals surface area (Å²) >= 11 is 0. The van der Waals surface area contributed by atoms with Crippen molar-refractivity contribution in [2.45, 2.75) is 0 Å². The maximum atomic E-state index is 0. The first-order valence-electron chi connectivity index (χ1n) is 0. The molecule has 0 N–H and O–H groups in total. The standard InChI is InChI=1S/4FH.K.Zr.H/h4*1H;;;. The third-order valence-corrected chi connectivity index (χ3v) is 0. The molecule has 38 valence electrons. The zero-order chi connectivity index (χ0) is 0. The molecule has 0 amide bonds. The van der Waals surface area contributed by atoms with Crippen LogP contribution in [0, 0.1) is 0 Å². The largest absolute Gasteiger partial charge is 0 e. The molecule has 0 rings (SSSR count). The summed E-state index contributed by atoms with van der Waals surface area (Å²) in [6.07, 6.45) is 0. The summed E-state index contributed by atoms with van der Waals surface area (Å²) in [5, 5.41) is 0. The third kappa shape index (κ3) is 34.2. The van der Waals surface area contributed by atoms with Gasteiger partial charge in [0.2, 0.25) is 0 Å². The average Bonchev–Trinajstić information content (AvgIpc) is 0. The minimum Gasteiger partial charge on any atom is 0 e. The first-order valence-corrected chi connectivity index (χ1v) is 0. The Bertz CT molecular complexity index is 7.51. The molecule has 0 atom stereocenters. The smallest absolute Gasteiger partial charge is 0 e. The normalized spacial score (nSPS) is 0. The monoisotopic (exact) mass is 210 g/mol. The van der Waals surface area contributed by atoms with Crippen molar-refractivity contribution in [2.24, 2.45) is 0 Å². The van der Waals surface area contributed by atoms with Crippen LogP contribution in [-0.2, 0) is 26.2 Å². The SMILES string of the molecule is F.F.F.F.[KH].[Zr]. The van der Waals surface area contributed by atoms with Gasteiger partial charge < -0.3 is 0 Å². The van der Waals surface area contributed by atoms with Crippen molar-refractivity contribution in [2.75, 3.05) is 0 Å². The van der Waals surface area contributed by atoms with E-state index in [9.17, 15) is 0 Å². The molecule has 0 saturated heterocycles. The summed E-state index contributed by atoms with van der Waals surface area (Å²) in [6.45, 7) is 0. The fraction of sp³-hybridized carbons (Fsp3) is 0. The minimum absolute atomic E-state index is 0. The molecule has 0 radical (unpaired) electrons. The van der Waals surface area contributed by atoms with Crippen LogP contribution in [0.1, 0.15) is 0 Å². The summed E-state index contributed by atoms with van der Waals surface area (Å²) in [5.41, 5.74) is 0. The van der Waals surface area contributed by atoms with Crippen LogP contribution in [0.25, 0.3) is 0 Å². The van der Waals surface area contributed by atoms with Crippen LogP contribution in [0.3, 0.4) is 0 Å². The van der Waals surface area contributed by atoms with Gasteiger partial charge in [0.05, 0.1) is 0 Å². The Morgan fingerprint density at radius 1 is 0.500 bits per heavy atom. The molecule has 0 bridgehead atoms. The van der Waals surface area contributed by atoms with Crippen LogP contribution in [0.5, 0.6) is 0 Å². The van der Waals surface area contributed by atoms with Gasteiger partial charge in [-0.25, -0.2) is 0 Å². The molecule has 0 aliphatic heterocycles. The molecular weight excluding hydrogens is 206 g/mol. The van der Waals surface area contributed by atoms with Crippen molar-refractivity contribution in [1.82, 2.24) is 0 Å². The van der Waals surface area contributed by atoms with Gasteiger partial charge in [0.1, 0.15) is 0 Å². The molecule has 0 aromatic rings. The summed E-state index contributed by atoms with van der Waals surface area (Å²) < 4.78 is 0. The summed E-state index contributed by atoms with van der Waals surface area (Å²) in [6, 6.07) is 0. The van der Waals surface area contributed by atoms with E-state index in [1.807, 2.05) is 0 Å². The Morgan fingerprint density at radius 3 is 0.500 bits per heavy atom. The first kappa shape index (κ1) is 86.1. The van der Waals surface area contributed by atoms with Crippen molar-refractivity contribution in [3.8, 4) is 0 Å². The fourth-order valence-electron chi connectivity index (χ4n) is 0. The fourth-order valence-corrected chi connectivity index (χ4v) is 0. The number of hydrogen-bond acceptors (Lipinski definition) is 0. The maximum absolute atomic E-state index is 0. The topological polar surface area (TPSA) is 0 Å². The Labute approximate surface area is 94.5 Å². The minimum atomic E-state index is 0. The van der Waals surface area contributed by atoms with Crippen LogP contribution in [-0.4, -0.2) is 51.4 Å². The summed E-state index contributed by atoms with van der Waals surface area (Å²) in [7, 11) is 0. The van der Waals surface area contributed by atoms with E-state index in [2.05, 4.69) is 0 Å². The van der Waals surface area contributed by atoms with E-state index in [0.29, 0.717) is 0 Å². The Hall–Kier alpha value is 2.24. The van der Waals surface area contributed by atoms with Crippen LogP contribution in [0.2, 0.25) is 0 Å². The van der Waals surface area contributed by atoms with Crippen LogP contribution >= 0.6 is 0 Å². The van der Waals surface area contributed by atoms with Crippen LogP contribution in [0.15, 0.2) is 0 Å². The number of halogens is 4. The molecule has 0 heterocycles. The zero-order valence-corrected chi connectivity index (χ0v) is 4.59. The molecule has 0 spiro atoms. The van der Waals surface area contributed by atoms with Gasteiger partial charge in [0.25, 0.3) is 0 Å². The molecule has 0 saturated carbocycles. The van der Waals surface area contributed by atoms with Crippen molar-refractivity contribution >= 4 is 51.4 Å². The Kier molecular flexibility index (Phi) is 806. The first-order chi connectivity index (χ1) is 0. The van der Waals surface area contributed by atoms with Crippen LogP contribution < -0.4 is 0 Å². The second-order valence-corrected chi connectivity index (χ2v) is 0. The van der Waals surface area contributed by atoms with Crippen molar-refractivity contribution in [1.29, 1.82) is 0 Å². The van der Waals surface area contributed by atoms with E-state index in [-0.39, 0.29) is 96.4 Å². The Morgan fingerprint density at radius 2 is 0.500 bits per heavy atom. The number of hydrogen-bond donors (Lipinski definition) is 0. The van der Waals surface area contributed by atoms with Gasteiger partial charge in [0.15, 0.2) is 0 Å². The molecule has 0 aliphatic carbocycles. The Balaban J connectivity index is 0. The molecular formula is H5F4KZr. The van der Waals surface area contributed by atoms with Gasteiger partial charge in [-0.3, -0.25) is 18.8 Å². The molecule has 6 heavy (non-hydrogen) atoms. The van der Waals surface area contributed by atoms with Gasteiger partial charge in [0, 0.05) is 26.2 Å². The maximum Gasteiger partial charge on any atom is 0 e. The van der Waals surface area contributed by atoms with Crippen molar-refractivity contribution < 1.29 is 45.0 Å². The molecule has 0 aliphatic rings. The van der Waals surface area contributed by atoms with Crippen molar-refractivity contribution in [3.63, 3.8) is 0 Å². The van der Waals surface area contributed by atoms with E-state index in [1.54, 1.807) is 0 Å². The van der Waals surface area contributed by atoms with Gasteiger partial charge >= 0.3 is 51.4 Å². The van der Waals surface area contributed by atoms with E-state index in [0.717, 1.165) is 0 Å². The van der Waals surface area contributed by atoms with Gasteiger partial charge in [-0.15, -0.1) is 0 Å². The van der Waals surface area contributed by atoms with E-state index < -0.39 is 0 Å². The molecule has 6 heteroatoms. The zero-order valence-electron chi connectivity index (χ0n) is 2.13. The molecule has 0 nitrogen and oxygen atoms in total. The van der Waals surface area contributed by atoms with E-state index >= 15 is 0 Å². The summed E-state index contributed by atoms with van der Waals surface area (Å²) in [4.78, 5) is 0. The third-order valence-electron chi connectivity index (χ3n) is 0. The molecule has 0 aromatic carbocycles. The average molecular weight is 211 g/mol. The second-order valence-electron chi connectivity index (χ2n) is 0. The number of rotatable bonds is 0. The van der Waals surface area contributed by atoms with Crippen molar-refractivity contribution in [3.05, 3.63) is 0 Å². The molecule has 0 fully saturated rings. The van der Waals surface area contributed by atoms with E-state index in [4.69, 9.17) is 0 Å². The van der Waals surface area contributed by atoms with E-state index in [1.165, 1.54) is 0 Å². The van der Waals surface area contributed by atoms with Gasteiger partial charge in [-0.2, -0.15) is 0 Å². The molecule has 0 unspecified atom stereocenters.